The van der Waals surface area contributed by atoms with Crippen molar-refractivity contribution in [3.05, 3.63) is 35.9 Å². The lowest BCUT2D eigenvalue weighted by Gasteiger charge is -2.38. The molecule has 0 radical (unpaired) electrons. The van der Waals surface area contributed by atoms with Gasteiger partial charge in [-0.05, 0) is 24.3 Å². The Labute approximate surface area is 164 Å². The third-order valence-electron chi connectivity index (χ3n) is 5.92. The first-order valence-electron chi connectivity index (χ1n) is 10.4. The summed E-state index contributed by atoms with van der Waals surface area (Å²) in [6.07, 6.45) is 1.93. The molecule has 2 aliphatic heterocycles. The summed E-state index contributed by atoms with van der Waals surface area (Å²) in [4.78, 5) is 17.4. The summed E-state index contributed by atoms with van der Waals surface area (Å²) in [5.74, 6) is 0.850. The Morgan fingerprint density at radius 3 is 2.33 bits per heavy atom. The normalized spacial score (nSPS) is 21.3. The molecule has 27 heavy (non-hydrogen) atoms. The van der Waals surface area contributed by atoms with Gasteiger partial charge in [-0.15, -0.1) is 0 Å². The van der Waals surface area contributed by atoms with Gasteiger partial charge in [0.1, 0.15) is 0 Å². The minimum Gasteiger partial charge on any atom is -0.381 e. The van der Waals surface area contributed by atoms with Crippen LogP contribution in [0, 0.1) is 5.92 Å². The van der Waals surface area contributed by atoms with Crippen molar-refractivity contribution in [1.82, 2.24) is 15.1 Å². The third kappa shape index (κ3) is 5.77. The Morgan fingerprint density at radius 1 is 1.07 bits per heavy atom. The second kappa shape index (κ2) is 9.67. The van der Waals surface area contributed by atoms with E-state index in [0.29, 0.717) is 19.0 Å². The molecule has 150 valence electrons. The predicted octanol–water partition coefficient (Wildman–Crippen LogP) is 2.12. The molecule has 1 aromatic carbocycles. The molecule has 5 nitrogen and oxygen atoms in total. The average Bonchev–Trinajstić information content (AvgIpc) is 2.69. The quantitative estimate of drug-likeness (QED) is 0.795. The summed E-state index contributed by atoms with van der Waals surface area (Å²) < 4.78 is 5.59. The molecule has 2 saturated heterocycles. The molecular formula is C22H35N3O2. The highest BCUT2D eigenvalue weighted by Crippen LogP contribution is 2.34. The van der Waals surface area contributed by atoms with Gasteiger partial charge in [0.15, 0.2) is 0 Å². The zero-order valence-corrected chi connectivity index (χ0v) is 17.0. The van der Waals surface area contributed by atoms with E-state index in [9.17, 15) is 4.79 Å². The topological polar surface area (TPSA) is 44.8 Å². The maximum Gasteiger partial charge on any atom is 0.234 e. The Hall–Kier alpha value is -1.43. The highest BCUT2D eigenvalue weighted by Gasteiger charge is 2.34. The molecule has 0 aliphatic carbocycles. The summed E-state index contributed by atoms with van der Waals surface area (Å²) in [7, 11) is 0. The van der Waals surface area contributed by atoms with E-state index in [0.717, 1.165) is 58.8 Å². The first-order valence-corrected chi connectivity index (χ1v) is 10.4. The van der Waals surface area contributed by atoms with Crippen LogP contribution in [0.3, 0.4) is 0 Å². The molecule has 2 heterocycles. The van der Waals surface area contributed by atoms with Gasteiger partial charge in [-0.3, -0.25) is 9.69 Å². The first kappa shape index (κ1) is 20.3. The molecule has 5 heteroatoms. The maximum atomic E-state index is 12.6. The number of hydrogen-bond donors (Lipinski definition) is 1. The van der Waals surface area contributed by atoms with Crippen molar-refractivity contribution in [2.75, 3.05) is 59.0 Å². The molecule has 1 aromatic rings. The first-order chi connectivity index (χ1) is 13.1. The van der Waals surface area contributed by atoms with Gasteiger partial charge in [-0.2, -0.15) is 0 Å². The summed E-state index contributed by atoms with van der Waals surface area (Å²) >= 11 is 0. The van der Waals surface area contributed by atoms with Crippen molar-refractivity contribution in [2.45, 2.75) is 32.1 Å². The number of nitrogens with one attached hydrogen (secondary N) is 1. The highest BCUT2D eigenvalue weighted by molar-refractivity contribution is 5.78. The van der Waals surface area contributed by atoms with Crippen LogP contribution in [0.15, 0.2) is 30.3 Å². The number of benzene rings is 1. The van der Waals surface area contributed by atoms with E-state index in [2.05, 4.69) is 53.2 Å². The number of ether oxygens (including phenoxy) is 1. The van der Waals surface area contributed by atoms with E-state index in [1.807, 2.05) is 6.07 Å². The molecule has 2 fully saturated rings. The number of carbonyl (C=O) groups excluding carboxylic acids is 1. The fraction of sp³-hybridized carbons (Fsp3) is 0.682. The SMILES string of the molecule is CC(C)CN1CCN(CC(=O)NCC2(c3ccccc3)CCOCC2)CC1. The molecule has 0 atom stereocenters. The number of amides is 1. The molecule has 1 N–H and O–H groups in total. The van der Waals surface area contributed by atoms with Crippen LogP contribution in [0.1, 0.15) is 32.3 Å². The van der Waals surface area contributed by atoms with Gasteiger partial charge < -0.3 is 15.0 Å². The standard InChI is InChI=1S/C22H35N3O2/c1-19(2)16-24-10-12-25(13-11-24)17-21(26)23-18-22(8-14-27-15-9-22)20-6-4-3-5-7-20/h3-7,19H,8-18H2,1-2H3,(H,23,26). The molecule has 2 aliphatic rings. The molecule has 0 spiro atoms. The van der Waals surface area contributed by atoms with Crippen LogP contribution in [0.5, 0.6) is 0 Å². The number of hydrogen-bond acceptors (Lipinski definition) is 4. The number of carbonyl (C=O) groups is 1. The van der Waals surface area contributed by atoms with Crippen molar-refractivity contribution in [3.8, 4) is 0 Å². The minimum absolute atomic E-state index is 0.00509. The Balaban J connectivity index is 1.49. The van der Waals surface area contributed by atoms with Crippen LogP contribution in [0.2, 0.25) is 0 Å². The van der Waals surface area contributed by atoms with Gasteiger partial charge in [0.25, 0.3) is 0 Å². The van der Waals surface area contributed by atoms with Gasteiger partial charge in [-0.25, -0.2) is 0 Å². The molecule has 0 saturated carbocycles. The van der Waals surface area contributed by atoms with Gasteiger partial charge in [0.05, 0.1) is 6.54 Å². The van der Waals surface area contributed by atoms with Gasteiger partial charge in [0, 0.05) is 57.9 Å². The molecule has 0 unspecified atom stereocenters. The number of nitrogens with zero attached hydrogens (tertiary/aromatic N) is 2. The predicted molar refractivity (Wildman–Crippen MR) is 109 cm³/mol. The second-order valence-corrected chi connectivity index (χ2v) is 8.51. The summed E-state index contributed by atoms with van der Waals surface area (Å²) in [6, 6.07) is 10.6. The zero-order valence-electron chi connectivity index (χ0n) is 17.0. The van der Waals surface area contributed by atoms with Gasteiger partial charge >= 0.3 is 0 Å². The monoisotopic (exact) mass is 373 g/mol. The highest BCUT2D eigenvalue weighted by atomic mass is 16.5. The fourth-order valence-electron chi connectivity index (χ4n) is 4.29. The average molecular weight is 374 g/mol. The van der Waals surface area contributed by atoms with E-state index in [4.69, 9.17) is 4.74 Å². The van der Waals surface area contributed by atoms with Crippen molar-refractivity contribution in [3.63, 3.8) is 0 Å². The number of piperazine rings is 1. The number of rotatable bonds is 7. The second-order valence-electron chi connectivity index (χ2n) is 8.51. The molecular weight excluding hydrogens is 338 g/mol. The Bertz CT molecular complexity index is 576. The van der Waals surface area contributed by atoms with Crippen LogP contribution in [-0.2, 0) is 14.9 Å². The molecule has 3 rings (SSSR count). The van der Waals surface area contributed by atoms with E-state index in [1.165, 1.54) is 5.56 Å². The van der Waals surface area contributed by atoms with E-state index < -0.39 is 0 Å². The van der Waals surface area contributed by atoms with Gasteiger partial charge in [0.2, 0.25) is 5.91 Å². The largest absolute Gasteiger partial charge is 0.381 e. The molecule has 1 amide bonds. The molecule has 0 aromatic heterocycles. The smallest absolute Gasteiger partial charge is 0.234 e. The van der Waals surface area contributed by atoms with Crippen molar-refractivity contribution in [2.24, 2.45) is 5.92 Å². The van der Waals surface area contributed by atoms with Gasteiger partial charge in [-0.1, -0.05) is 44.2 Å². The molecule has 0 bridgehead atoms. The van der Waals surface area contributed by atoms with Crippen molar-refractivity contribution in [1.29, 1.82) is 0 Å². The summed E-state index contributed by atoms with van der Waals surface area (Å²) in [5, 5.41) is 3.23. The lowest BCUT2D eigenvalue weighted by Crippen LogP contribution is -2.51. The summed E-state index contributed by atoms with van der Waals surface area (Å²) in [6.45, 7) is 12.5. The van der Waals surface area contributed by atoms with E-state index in [-0.39, 0.29) is 11.3 Å². The minimum atomic E-state index is 0.00509. The van der Waals surface area contributed by atoms with E-state index >= 15 is 0 Å². The lowest BCUT2D eigenvalue weighted by atomic mass is 9.74. The Kier molecular flexibility index (Phi) is 7.27. The lowest BCUT2D eigenvalue weighted by molar-refractivity contribution is -0.123. The zero-order chi connectivity index (χ0) is 19.1. The third-order valence-corrected chi connectivity index (χ3v) is 5.92. The van der Waals surface area contributed by atoms with Crippen molar-refractivity contribution < 1.29 is 9.53 Å². The maximum absolute atomic E-state index is 12.6. The van der Waals surface area contributed by atoms with Crippen LogP contribution in [0.4, 0.5) is 0 Å². The van der Waals surface area contributed by atoms with Crippen molar-refractivity contribution >= 4 is 5.91 Å². The Morgan fingerprint density at radius 2 is 1.70 bits per heavy atom. The van der Waals surface area contributed by atoms with Crippen LogP contribution in [0.25, 0.3) is 0 Å². The van der Waals surface area contributed by atoms with E-state index in [1.54, 1.807) is 0 Å². The van der Waals surface area contributed by atoms with Crippen LogP contribution >= 0.6 is 0 Å². The fourth-order valence-corrected chi connectivity index (χ4v) is 4.29. The van der Waals surface area contributed by atoms with Crippen LogP contribution in [-0.4, -0.2) is 74.7 Å². The summed E-state index contributed by atoms with van der Waals surface area (Å²) in [5.41, 5.74) is 1.32. The van der Waals surface area contributed by atoms with Crippen LogP contribution < -0.4 is 5.32 Å².